The van der Waals surface area contributed by atoms with Crippen LogP contribution in [0.25, 0.3) is 0 Å². The lowest BCUT2D eigenvalue weighted by Crippen LogP contribution is -2.32. The summed E-state index contributed by atoms with van der Waals surface area (Å²) >= 11 is 0. The van der Waals surface area contributed by atoms with Gasteiger partial charge in [-0.2, -0.15) is 0 Å². The highest BCUT2D eigenvalue weighted by atomic mass is 16.1. The molecule has 0 unspecified atom stereocenters. The SMILES string of the molecule is Nc1ccccc1Nc1ccccc1C(=O)C1CCNCC1. The van der Waals surface area contributed by atoms with Crippen LogP contribution in [0.15, 0.2) is 48.5 Å². The smallest absolute Gasteiger partial charge is 0.168 e. The number of ketones is 1. The summed E-state index contributed by atoms with van der Waals surface area (Å²) < 4.78 is 0. The molecule has 0 saturated carbocycles. The van der Waals surface area contributed by atoms with Crippen LogP contribution in [0.5, 0.6) is 0 Å². The Morgan fingerprint density at radius 2 is 1.64 bits per heavy atom. The van der Waals surface area contributed by atoms with Crippen molar-refractivity contribution in [2.75, 3.05) is 24.1 Å². The lowest BCUT2D eigenvalue weighted by Gasteiger charge is -2.22. The van der Waals surface area contributed by atoms with Gasteiger partial charge in [0.15, 0.2) is 5.78 Å². The predicted octanol–water partition coefficient (Wildman–Crippen LogP) is 3.19. The summed E-state index contributed by atoms with van der Waals surface area (Å²) in [5.74, 6) is 0.330. The van der Waals surface area contributed by atoms with Crippen molar-refractivity contribution in [2.24, 2.45) is 5.92 Å². The minimum atomic E-state index is 0.109. The van der Waals surface area contributed by atoms with Crippen LogP contribution < -0.4 is 16.4 Å². The van der Waals surface area contributed by atoms with Gasteiger partial charge >= 0.3 is 0 Å². The van der Waals surface area contributed by atoms with Gasteiger partial charge in [0.05, 0.1) is 11.4 Å². The first-order valence-electron chi connectivity index (χ1n) is 7.71. The number of nitrogens with two attached hydrogens (primary N) is 1. The van der Waals surface area contributed by atoms with E-state index in [9.17, 15) is 4.79 Å². The molecule has 0 atom stereocenters. The van der Waals surface area contributed by atoms with E-state index in [1.54, 1.807) is 0 Å². The molecule has 0 amide bonds. The molecule has 1 heterocycles. The van der Waals surface area contributed by atoms with E-state index in [2.05, 4.69) is 10.6 Å². The second-order valence-corrected chi connectivity index (χ2v) is 5.65. The van der Waals surface area contributed by atoms with Gasteiger partial charge in [0, 0.05) is 17.2 Å². The number of piperidine rings is 1. The number of Topliss-reactive ketones (excluding diaryl/α,β-unsaturated/α-hetero) is 1. The maximum Gasteiger partial charge on any atom is 0.168 e. The number of carbonyl (C=O) groups excluding carboxylic acids is 1. The number of anilines is 3. The van der Waals surface area contributed by atoms with Crippen LogP contribution in [0.3, 0.4) is 0 Å². The zero-order valence-electron chi connectivity index (χ0n) is 12.5. The van der Waals surface area contributed by atoms with Gasteiger partial charge in [-0.25, -0.2) is 0 Å². The molecule has 0 aliphatic carbocycles. The van der Waals surface area contributed by atoms with Gasteiger partial charge in [-0.15, -0.1) is 0 Å². The number of carbonyl (C=O) groups is 1. The standard InChI is InChI=1S/C18H21N3O/c19-15-6-2-4-8-17(15)21-16-7-3-1-5-14(16)18(22)13-9-11-20-12-10-13/h1-8,13,20-21H,9-12,19H2. The van der Waals surface area contributed by atoms with Gasteiger partial charge in [-0.3, -0.25) is 4.79 Å². The van der Waals surface area contributed by atoms with E-state index in [-0.39, 0.29) is 11.7 Å². The number of para-hydroxylation sites is 3. The molecule has 1 aliphatic rings. The van der Waals surface area contributed by atoms with E-state index in [4.69, 9.17) is 5.73 Å². The van der Waals surface area contributed by atoms with Gasteiger partial charge in [0.2, 0.25) is 0 Å². The van der Waals surface area contributed by atoms with E-state index in [0.29, 0.717) is 5.69 Å². The van der Waals surface area contributed by atoms with Crippen LogP contribution in [0, 0.1) is 5.92 Å². The van der Waals surface area contributed by atoms with Gasteiger partial charge in [-0.05, 0) is 50.2 Å². The molecule has 4 N–H and O–H groups in total. The van der Waals surface area contributed by atoms with Crippen molar-refractivity contribution >= 4 is 22.8 Å². The van der Waals surface area contributed by atoms with Crippen molar-refractivity contribution in [3.8, 4) is 0 Å². The summed E-state index contributed by atoms with van der Waals surface area (Å²) in [6.45, 7) is 1.83. The number of nitrogens with one attached hydrogen (secondary N) is 2. The molecule has 0 spiro atoms. The summed E-state index contributed by atoms with van der Waals surface area (Å²) in [5.41, 5.74) is 9.05. The molecular formula is C18H21N3O. The Labute approximate surface area is 130 Å². The second-order valence-electron chi connectivity index (χ2n) is 5.65. The third-order valence-electron chi connectivity index (χ3n) is 4.13. The van der Waals surface area contributed by atoms with Crippen LogP contribution >= 0.6 is 0 Å². The fraction of sp³-hybridized carbons (Fsp3) is 0.278. The molecule has 2 aromatic rings. The number of benzene rings is 2. The van der Waals surface area contributed by atoms with Crippen LogP contribution in [0.1, 0.15) is 23.2 Å². The maximum absolute atomic E-state index is 12.8. The van der Waals surface area contributed by atoms with E-state index >= 15 is 0 Å². The van der Waals surface area contributed by atoms with Crippen molar-refractivity contribution in [2.45, 2.75) is 12.8 Å². The fourth-order valence-corrected chi connectivity index (χ4v) is 2.87. The average molecular weight is 295 g/mol. The number of nitrogen functional groups attached to an aromatic ring is 1. The van der Waals surface area contributed by atoms with Crippen LogP contribution in [-0.4, -0.2) is 18.9 Å². The highest BCUT2D eigenvalue weighted by molar-refractivity contribution is 6.03. The molecule has 114 valence electrons. The van der Waals surface area contributed by atoms with Gasteiger partial charge in [0.25, 0.3) is 0 Å². The minimum absolute atomic E-state index is 0.109. The van der Waals surface area contributed by atoms with Crippen molar-refractivity contribution < 1.29 is 4.79 Å². The fourth-order valence-electron chi connectivity index (χ4n) is 2.87. The number of hydrogen-bond donors (Lipinski definition) is 3. The Hall–Kier alpha value is -2.33. The molecule has 22 heavy (non-hydrogen) atoms. The Morgan fingerprint density at radius 1 is 1.00 bits per heavy atom. The van der Waals surface area contributed by atoms with Gasteiger partial charge < -0.3 is 16.4 Å². The molecule has 0 bridgehead atoms. The summed E-state index contributed by atoms with van der Waals surface area (Å²) in [6, 6.07) is 15.3. The molecule has 1 aliphatic heterocycles. The molecule has 4 nitrogen and oxygen atoms in total. The molecule has 2 aromatic carbocycles. The van der Waals surface area contributed by atoms with E-state index in [1.165, 1.54) is 0 Å². The molecule has 1 fully saturated rings. The predicted molar refractivity (Wildman–Crippen MR) is 90.5 cm³/mol. The first-order chi connectivity index (χ1) is 10.8. The molecular weight excluding hydrogens is 274 g/mol. The lowest BCUT2D eigenvalue weighted by atomic mass is 9.89. The molecule has 0 radical (unpaired) electrons. The Bertz CT molecular complexity index is 663. The van der Waals surface area contributed by atoms with E-state index in [0.717, 1.165) is 42.9 Å². The second kappa shape index (κ2) is 6.62. The minimum Gasteiger partial charge on any atom is -0.397 e. The van der Waals surface area contributed by atoms with E-state index in [1.807, 2.05) is 48.5 Å². The average Bonchev–Trinajstić information content (AvgIpc) is 2.58. The molecule has 0 aromatic heterocycles. The normalized spacial score (nSPS) is 15.5. The summed E-state index contributed by atoms with van der Waals surface area (Å²) in [5, 5.41) is 6.60. The summed E-state index contributed by atoms with van der Waals surface area (Å²) in [4.78, 5) is 12.8. The Morgan fingerprint density at radius 3 is 2.36 bits per heavy atom. The summed E-state index contributed by atoms with van der Waals surface area (Å²) in [7, 11) is 0. The zero-order chi connectivity index (χ0) is 15.4. The largest absolute Gasteiger partial charge is 0.397 e. The van der Waals surface area contributed by atoms with E-state index < -0.39 is 0 Å². The maximum atomic E-state index is 12.8. The highest BCUT2D eigenvalue weighted by Crippen LogP contribution is 2.28. The first-order valence-corrected chi connectivity index (χ1v) is 7.71. The molecule has 4 heteroatoms. The summed E-state index contributed by atoms with van der Waals surface area (Å²) in [6.07, 6.45) is 1.81. The first kappa shape index (κ1) is 14.6. The number of rotatable bonds is 4. The molecule has 3 rings (SSSR count). The van der Waals surface area contributed by atoms with Crippen LogP contribution in [-0.2, 0) is 0 Å². The monoisotopic (exact) mass is 295 g/mol. The Kier molecular flexibility index (Phi) is 4.39. The van der Waals surface area contributed by atoms with Gasteiger partial charge in [-0.1, -0.05) is 24.3 Å². The lowest BCUT2D eigenvalue weighted by molar-refractivity contribution is 0.0896. The zero-order valence-corrected chi connectivity index (χ0v) is 12.5. The van der Waals surface area contributed by atoms with Crippen molar-refractivity contribution in [3.63, 3.8) is 0 Å². The Balaban J connectivity index is 1.86. The topological polar surface area (TPSA) is 67.1 Å². The third-order valence-corrected chi connectivity index (χ3v) is 4.13. The highest BCUT2D eigenvalue weighted by Gasteiger charge is 2.24. The number of hydrogen-bond acceptors (Lipinski definition) is 4. The third kappa shape index (κ3) is 3.12. The van der Waals surface area contributed by atoms with Crippen LogP contribution in [0.2, 0.25) is 0 Å². The van der Waals surface area contributed by atoms with Gasteiger partial charge in [0.1, 0.15) is 0 Å². The molecule has 1 saturated heterocycles. The van der Waals surface area contributed by atoms with Crippen LogP contribution in [0.4, 0.5) is 17.1 Å². The van der Waals surface area contributed by atoms with Crippen molar-refractivity contribution in [1.82, 2.24) is 5.32 Å². The van der Waals surface area contributed by atoms with Crippen molar-refractivity contribution in [1.29, 1.82) is 0 Å². The quantitative estimate of drug-likeness (QED) is 0.598. The van der Waals surface area contributed by atoms with Crippen molar-refractivity contribution in [3.05, 3.63) is 54.1 Å².